The van der Waals surface area contributed by atoms with Gasteiger partial charge in [-0.25, -0.2) is 4.79 Å². The number of rotatable bonds is 4. The van der Waals surface area contributed by atoms with Gasteiger partial charge < -0.3 is 5.32 Å². The third-order valence-corrected chi connectivity index (χ3v) is 5.46. The van der Waals surface area contributed by atoms with Crippen LogP contribution in [-0.2, 0) is 23.1 Å². The molecule has 0 radical (unpaired) electrons. The number of alkyl halides is 3. The number of benzene rings is 2. The zero-order chi connectivity index (χ0) is 23.3. The Kier molecular flexibility index (Phi) is 5.16. The number of hydrogen-bond acceptors (Lipinski definition) is 5. The van der Waals surface area contributed by atoms with Gasteiger partial charge in [0.2, 0.25) is 0 Å². The lowest BCUT2D eigenvalue weighted by Crippen LogP contribution is -2.40. The Morgan fingerprint density at radius 1 is 1.12 bits per heavy atom. The van der Waals surface area contributed by atoms with Crippen LogP contribution in [0.15, 0.2) is 42.5 Å². The van der Waals surface area contributed by atoms with Gasteiger partial charge in [-0.05, 0) is 48.0 Å². The van der Waals surface area contributed by atoms with Gasteiger partial charge in [-0.1, -0.05) is 41.4 Å². The molecule has 1 N–H and O–H groups in total. The van der Waals surface area contributed by atoms with Crippen molar-refractivity contribution in [1.29, 1.82) is 0 Å². The molecule has 1 fully saturated rings. The van der Waals surface area contributed by atoms with E-state index in [4.69, 9.17) is 11.6 Å². The second kappa shape index (κ2) is 7.59. The van der Waals surface area contributed by atoms with Crippen molar-refractivity contribution in [2.75, 3.05) is 0 Å². The quantitative estimate of drug-likeness (QED) is 0.595. The normalized spacial score (nSPS) is 18.9. The van der Waals surface area contributed by atoms with E-state index in [2.05, 4.69) is 20.8 Å². The van der Waals surface area contributed by atoms with Gasteiger partial charge in [-0.3, -0.25) is 9.69 Å². The van der Waals surface area contributed by atoms with Gasteiger partial charge in [0.05, 0.1) is 17.8 Å². The number of carbonyl (C=O) groups excluding carboxylic acids is 2. The van der Waals surface area contributed by atoms with Gasteiger partial charge in [0.1, 0.15) is 5.54 Å². The molecule has 32 heavy (non-hydrogen) atoms. The van der Waals surface area contributed by atoms with Crippen LogP contribution >= 0.6 is 11.6 Å². The van der Waals surface area contributed by atoms with Crippen molar-refractivity contribution in [2.45, 2.75) is 32.1 Å². The number of aromatic nitrogens is 4. The second-order valence-electron chi connectivity index (χ2n) is 7.48. The molecule has 1 unspecified atom stereocenters. The van der Waals surface area contributed by atoms with Gasteiger partial charge >= 0.3 is 12.2 Å². The first kappa shape index (κ1) is 21.8. The summed E-state index contributed by atoms with van der Waals surface area (Å²) in [5.41, 5.74) is -1.22. The van der Waals surface area contributed by atoms with Crippen LogP contribution in [0.1, 0.15) is 29.4 Å². The summed E-state index contributed by atoms with van der Waals surface area (Å²) in [6.45, 7) is 3.01. The fraction of sp³-hybridized carbons (Fsp3) is 0.250. The molecular formula is C20H16ClF3N6O2. The Morgan fingerprint density at radius 3 is 2.47 bits per heavy atom. The summed E-state index contributed by atoms with van der Waals surface area (Å²) in [7, 11) is 0. The molecule has 1 aromatic heterocycles. The zero-order valence-electron chi connectivity index (χ0n) is 16.8. The highest BCUT2D eigenvalue weighted by Crippen LogP contribution is 2.36. The second-order valence-corrected chi connectivity index (χ2v) is 7.92. The van der Waals surface area contributed by atoms with Gasteiger partial charge in [0.15, 0.2) is 5.82 Å². The van der Waals surface area contributed by atoms with E-state index < -0.39 is 35.8 Å². The molecule has 1 aliphatic rings. The van der Waals surface area contributed by atoms with Gasteiger partial charge in [0, 0.05) is 5.02 Å². The Labute approximate surface area is 185 Å². The van der Waals surface area contributed by atoms with Crippen molar-refractivity contribution in [3.05, 3.63) is 70.0 Å². The van der Waals surface area contributed by atoms with Crippen molar-refractivity contribution in [3.8, 4) is 5.69 Å². The predicted octanol–water partition coefficient (Wildman–Crippen LogP) is 3.61. The standard InChI is InChI=1S/C20H16ClF3N6O2/c1-11-3-5-12(6-4-11)19(2)17(31)29(18(32)25-19)10-16-26-27-28-30(16)15-8-7-13(21)9-14(15)20(22,23)24/h3-9H,10H2,1-2H3,(H,25,32). The molecule has 2 heterocycles. The number of imide groups is 1. The van der Waals surface area contributed by atoms with E-state index in [1.165, 1.54) is 6.07 Å². The molecule has 4 rings (SSSR count). The largest absolute Gasteiger partial charge is 0.418 e. The fourth-order valence-electron chi connectivity index (χ4n) is 3.48. The van der Waals surface area contributed by atoms with Crippen molar-refractivity contribution in [3.63, 3.8) is 0 Å². The van der Waals surface area contributed by atoms with Crippen molar-refractivity contribution in [1.82, 2.24) is 30.4 Å². The topological polar surface area (TPSA) is 93.0 Å². The molecule has 0 bridgehead atoms. The third kappa shape index (κ3) is 3.68. The number of amides is 3. The number of nitrogens with one attached hydrogen (secondary N) is 1. The Hall–Kier alpha value is -3.47. The fourth-order valence-corrected chi connectivity index (χ4v) is 3.65. The summed E-state index contributed by atoms with van der Waals surface area (Å²) in [5, 5.41) is 13.3. The van der Waals surface area contributed by atoms with Gasteiger partial charge in [-0.2, -0.15) is 17.9 Å². The highest BCUT2D eigenvalue weighted by Gasteiger charge is 2.49. The van der Waals surface area contributed by atoms with Crippen LogP contribution in [0.25, 0.3) is 5.69 Å². The van der Waals surface area contributed by atoms with Gasteiger partial charge in [0.25, 0.3) is 5.91 Å². The number of hydrogen-bond donors (Lipinski definition) is 1. The highest BCUT2D eigenvalue weighted by molar-refractivity contribution is 6.30. The minimum Gasteiger partial charge on any atom is -0.319 e. The van der Waals surface area contributed by atoms with Crippen molar-refractivity contribution in [2.24, 2.45) is 0 Å². The summed E-state index contributed by atoms with van der Waals surface area (Å²) in [4.78, 5) is 26.6. The van der Waals surface area contributed by atoms with Crippen LogP contribution in [0.2, 0.25) is 5.02 Å². The summed E-state index contributed by atoms with van der Waals surface area (Å²) in [6, 6.07) is 9.50. The summed E-state index contributed by atoms with van der Waals surface area (Å²) < 4.78 is 41.4. The van der Waals surface area contributed by atoms with Gasteiger partial charge in [-0.15, -0.1) is 5.10 Å². The average molecular weight is 465 g/mol. The Balaban J connectivity index is 1.68. The van der Waals surface area contributed by atoms with E-state index in [1.54, 1.807) is 19.1 Å². The molecule has 3 amide bonds. The summed E-state index contributed by atoms with van der Waals surface area (Å²) in [6.07, 6.45) is -4.73. The number of halogens is 4. The molecule has 166 valence electrons. The van der Waals surface area contributed by atoms with Crippen LogP contribution in [0.3, 0.4) is 0 Å². The number of tetrazole rings is 1. The highest BCUT2D eigenvalue weighted by atomic mass is 35.5. The van der Waals surface area contributed by atoms with Crippen molar-refractivity contribution < 1.29 is 22.8 Å². The first-order valence-electron chi connectivity index (χ1n) is 9.36. The molecule has 3 aromatic rings. The van der Waals surface area contributed by atoms with Crippen LogP contribution in [-0.4, -0.2) is 37.0 Å². The van der Waals surface area contributed by atoms with E-state index in [9.17, 15) is 22.8 Å². The maximum Gasteiger partial charge on any atom is 0.418 e. The van der Waals surface area contributed by atoms with Crippen molar-refractivity contribution >= 4 is 23.5 Å². The maximum absolute atomic E-state index is 13.5. The molecule has 1 aliphatic heterocycles. The lowest BCUT2D eigenvalue weighted by Gasteiger charge is -2.22. The van der Waals surface area contributed by atoms with Crippen LogP contribution < -0.4 is 5.32 Å². The molecule has 8 nitrogen and oxygen atoms in total. The maximum atomic E-state index is 13.5. The number of nitrogens with zero attached hydrogens (tertiary/aromatic N) is 5. The third-order valence-electron chi connectivity index (χ3n) is 5.23. The summed E-state index contributed by atoms with van der Waals surface area (Å²) >= 11 is 5.73. The van der Waals surface area contributed by atoms with E-state index in [0.29, 0.717) is 5.56 Å². The van der Waals surface area contributed by atoms with E-state index in [-0.39, 0.29) is 16.5 Å². The minimum atomic E-state index is -4.73. The van der Waals surface area contributed by atoms with E-state index in [1.807, 2.05) is 19.1 Å². The first-order valence-corrected chi connectivity index (χ1v) is 9.74. The molecule has 0 spiro atoms. The Morgan fingerprint density at radius 2 is 1.81 bits per heavy atom. The van der Waals surface area contributed by atoms with Crippen LogP contribution in [0, 0.1) is 6.92 Å². The van der Waals surface area contributed by atoms with E-state index >= 15 is 0 Å². The number of carbonyl (C=O) groups is 2. The molecule has 1 saturated heterocycles. The van der Waals surface area contributed by atoms with Crippen LogP contribution in [0.5, 0.6) is 0 Å². The molecule has 0 aliphatic carbocycles. The summed E-state index contributed by atoms with van der Waals surface area (Å²) in [5.74, 6) is -0.706. The molecule has 1 atom stereocenters. The molecule has 0 saturated carbocycles. The molecule has 2 aromatic carbocycles. The number of urea groups is 1. The smallest absolute Gasteiger partial charge is 0.319 e. The predicted molar refractivity (Wildman–Crippen MR) is 107 cm³/mol. The van der Waals surface area contributed by atoms with E-state index in [0.717, 1.165) is 27.3 Å². The van der Waals surface area contributed by atoms with Crippen LogP contribution in [0.4, 0.5) is 18.0 Å². The lowest BCUT2D eigenvalue weighted by molar-refractivity contribution is -0.137. The minimum absolute atomic E-state index is 0.112. The SMILES string of the molecule is Cc1ccc(C2(C)NC(=O)N(Cc3nnnn3-c3ccc(Cl)cc3C(F)(F)F)C2=O)cc1. The Bertz CT molecular complexity index is 1210. The zero-order valence-corrected chi connectivity index (χ0v) is 17.6. The molecule has 12 heteroatoms. The number of aryl methyl sites for hydroxylation is 1. The molecular weight excluding hydrogens is 449 g/mol. The average Bonchev–Trinajstić information content (AvgIpc) is 3.26. The monoisotopic (exact) mass is 464 g/mol. The lowest BCUT2D eigenvalue weighted by atomic mass is 9.91. The first-order chi connectivity index (χ1) is 15.0.